The number of allylic oxidation sites excluding steroid dienone is 1. The molecule has 1 fully saturated rings. The largest absolute Gasteiger partial charge is 0.433 e. The average molecular weight is 391 g/mol. The molecule has 1 heterocycles. The van der Waals surface area contributed by atoms with Crippen LogP contribution in [0, 0.1) is 0 Å². The Balaban J connectivity index is 1.48. The Hall–Kier alpha value is -1.70. The Morgan fingerprint density at radius 2 is 2.04 bits per heavy atom. The van der Waals surface area contributed by atoms with Gasteiger partial charge in [-0.25, -0.2) is 4.79 Å². The molecule has 0 spiro atoms. The number of amides is 2. The third-order valence-electron chi connectivity index (χ3n) is 6.11. The molecular formula is C20H28N3O3S+. The third-order valence-corrected chi connectivity index (χ3v) is 8.06. The molecule has 0 atom stereocenters. The number of fused-ring (bicyclic) bond motifs is 2. The maximum absolute atomic E-state index is 12.7. The highest BCUT2D eigenvalue weighted by molar-refractivity contribution is 7.85. The normalized spacial score (nSPS) is 19.9. The fourth-order valence-electron chi connectivity index (χ4n) is 4.58. The molecular weight excluding hydrogens is 362 g/mol. The lowest BCUT2D eigenvalue weighted by Gasteiger charge is -2.29. The number of primary sulfonamides is 1. The minimum absolute atomic E-state index is 0.446. The molecule has 146 valence electrons. The summed E-state index contributed by atoms with van der Waals surface area (Å²) in [6, 6.07) is 1.73. The lowest BCUT2D eigenvalue weighted by atomic mass is 9.98. The molecule has 1 saturated heterocycles. The first-order chi connectivity index (χ1) is 13.0. The number of quaternary nitrogens is 1. The number of aryl methyl sites for hydroxylation is 1. The van der Waals surface area contributed by atoms with E-state index < -0.39 is 21.3 Å². The van der Waals surface area contributed by atoms with E-state index in [1.54, 1.807) is 0 Å². The average Bonchev–Trinajstić information content (AvgIpc) is 3.30. The number of likely N-dealkylation sites (tertiary alicyclic amines) is 1. The van der Waals surface area contributed by atoms with Gasteiger partial charge in [-0.1, -0.05) is 25.1 Å². The minimum atomic E-state index is -3.54. The van der Waals surface area contributed by atoms with E-state index in [9.17, 15) is 13.2 Å². The molecule has 0 radical (unpaired) electrons. The maximum Gasteiger partial charge on any atom is 0.433 e. The first-order valence-corrected chi connectivity index (χ1v) is 11.5. The van der Waals surface area contributed by atoms with Crippen LogP contribution in [0.5, 0.6) is 0 Å². The number of nitrogens with zero attached hydrogens (tertiary/aromatic N) is 1. The number of hydrogen-bond acceptors (Lipinski definition) is 4. The number of carbonyl (C=O) groups excluding carboxylic acids is 1. The molecule has 0 saturated carbocycles. The second kappa shape index (κ2) is 7.37. The number of nitrogens with one attached hydrogen (secondary N) is 1. The van der Waals surface area contributed by atoms with Crippen LogP contribution in [0.2, 0.25) is 0 Å². The Kier molecular flexibility index (Phi) is 5.09. The molecule has 6 nitrogen and oxygen atoms in total. The van der Waals surface area contributed by atoms with Gasteiger partial charge in [-0.3, -0.25) is 5.32 Å². The van der Waals surface area contributed by atoms with Crippen molar-refractivity contribution in [2.45, 2.75) is 50.7 Å². The van der Waals surface area contributed by atoms with Gasteiger partial charge in [0.05, 0.1) is 5.69 Å². The topological polar surface area (TPSA) is 83.1 Å². The summed E-state index contributed by atoms with van der Waals surface area (Å²) in [4.78, 5) is 14.9. The summed E-state index contributed by atoms with van der Waals surface area (Å²) in [6.45, 7) is 4.58. The molecule has 0 bridgehead atoms. The minimum Gasteiger partial charge on any atom is -0.304 e. The summed E-state index contributed by atoms with van der Waals surface area (Å²) in [5.74, 6) is 0. The Bertz CT molecular complexity index is 883. The molecule has 27 heavy (non-hydrogen) atoms. The van der Waals surface area contributed by atoms with Crippen LogP contribution in [0.1, 0.15) is 48.4 Å². The van der Waals surface area contributed by atoms with Crippen LogP contribution in [0.25, 0.3) is 6.08 Å². The number of piperidine rings is 1. The molecule has 1 aromatic rings. The van der Waals surface area contributed by atoms with Crippen LogP contribution >= 0.6 is 0 Å². The molecule has 1 aliphatic heterocycles. The third kappa shape index (κ3) is 3.68. The van der Waals surface area contributed by atoms with Gasteiger partial charge in [0.15, 0.2) is 0 Å². The van der Waals surface area contributed by atoms with Crippen molar-refractivity contribution < 1.29 is 17.9 Å². The van der Waals surface area contributed by atoms with Crippen molar-refractivity contribution in [3.05, 3.63) is 34.4 Å². The highest BCUT2D eigenvalue weighted by Crippen LogP contribution is 2.37. The first kappa shape index (κ1) is 18.7. The zero-order chi connectivity index (χ0) is 19.0. The van der Waals surface area contributed by atoms with Crippen molar-refractivity contribution in [3.8, 4) is 0 Å². The molecule has 7 heteroatoms. The summed E-state index contributed by atoms with van der Waals surface area (Å²) in [6.07, 6.45) is 9.26. The van der Waals surface area contributed by atoms with E-state index >= 15 is 0 Å². The number of primary amides is 1. The molecule has 0 unspecified atom stereocenters. The van der Waals surface area contributed by atoms with Gasteiger partial charge in [0.25, 0.3) is 0 Å². The lowest BCUT2D eigenvalue weighted by Crippen LogP contribution is -2.93. The Morgan fingerprint density at radius 1 is 1.26 bits per heavy atom. The number of rotatable bonds is 4. The van der Waals surface area contributed by atoms with Crippen LogP contribution in [0.15, 0.2) is 12.1 Å². The fraction of sp³-hybridized carbons (Fsp3) is 0.550. The first-order valence-electron chi connectivity index (χ1n) is 9.94. The number of carbonyl (C=O) groups is 1. The van der Waals surface area contributed by atoms with Gasteiger partial charge in [-0.05, 0) is 74.8 Å². The predicted molar refractivity (Wildman–Crippen MR) is 106 cm³/mol. The maximum atomic E-state index is 12.7. The molecule has 0 aromatic heterocycles. The summed E-state index contributed by atoms with van der Waals surface area (Å²) < 4.78 is 26.3. The standard InChI is InChI=1S/C20H27N3O3S/c1-2-23-11-9-16(10-12-23)27(25,26)22-20(24)21-19-17-7-3-5-14(17)13-15-6-4-8-18(15)19/h3,7,13,16H,2,4-6,8-12H2,1H3,(H2,21,22,24)/p+1. The van der Waals surface area contributed by atoms with Crippen LogP contribution < -0.4 is 10.0 Å². The van der Waals surface area contributed by atoms with E-state index in [4.69, 9.17) is 0 Å². The Morgan fingerprint density at radius 3 is 2.78 bits per heavy atom. The summed E-state index contributed by atoms with van der Waals surface area (Å²) in [5.41, 5.74) is 5.57. The monoisotopic (exact) mass is 390 g/mol. The summed E-state index contributed by atoms with van der Waals surface area (Å²) in [5, 5.41) is 2.48. The molecule has 1 aromatic carbocycles. The number of urea groups is 1. The van der Waals surface area contributed by atoms with Crippen molar-refractivity contribution in [1.82, 2.24) is 4.90 Å². The van der Waals surface area contributed by atoms with E-state index in [0.29, 0.717) is 12.8 Å². The van der Waals surface area contributed by atoms with Gasteiger partial charge in [0.1, 0.15) is 5.25 Å². The Labute approximate surface area is 161 Å². The van der Waals surface area contributed by atoms with E-state index in [-0.39, 0.29) is 0 Å². The molecule has 3 aliphatic rings. The molecule has 2 aliphatic carbocycles. The smallest absolute Gasteiger partial charge is 0.304 e. The van der Waals surface area contributed by atoms with Crippen LogP contribution in [-0.4, -0.2) is 44.2 Å². The highest BCUT2D eigenvalue weighted by atomic mass is 32.2. The number of hydrogen-bond donors (Lipinski definition) is 2. The van der Waals surface area contributed by atoms with E-state index in [1.165, 1.54) is 16.7 Å². The second-order valence-electron chi connectivity index (χ2n) is 7.75. The van der Waals surface area contributed by atoms with Gasteiger partial charge in [-0.2, -0.15) is 13.1 Å². The number of sulfonamides is 1. The van der Waals surface area contributed by atoms with Crippen LogP contribution in [0.4, 0.5) is 10.5 Å². The second-order valence-corrected chi connectivity index (χ2v) is 9.83. The van der Waals surface area contributed by atoms with Crippen LogP contribution in [-0.2, 0) is 29.3 Å². The van der Waals surface area contributed by atoms with E-state index in [2.05, 4.69) is 29.3 Å². The quantitative estimate of drug-likeness (QED) is 0.819. The molecule has 3 N–H and O–H groups in total. The fourth-order valence-corrected chi connectivity index (χ4v) is 6.00. The van der Waals surface area contributed by atoms with Crippen molar-refractivity contribution in [3.63, 3.8) is 0 Å². The molecule has 4 rings (SSSR count). The summed E-state index contributed by atoms with van der Waals surface area (Å²) in [7, 11) is -3.54. The zero-order valence-electron chi connectivity index (χ0n) is 15.8. The van der Waals surface area contributed by atoms with E-state index in [1.807, 2.05) is 6.08 Å². The predicted octanol–water partition coefficient (Wildman–Crippen LogP) is 1.65. The molecule has 2 amide bonds. The van der Waals surface area contributed by atoms with Gasteiger partial charge < -0.3 is 4.90 Å². The van der Waals surface area contributed by atoms with Crippen molar-refractivity contribution >= 4 is 27.8 Å². The number of benzene rings is 1. The zero-order valence-corrected chi connectivity index (χ0v) is 16.6. The van der Waals surface area contributed by atoms with E-state index in [0.717, 1.165) is 61.3 Å². The van der Waals surface area contributed by atoms with Gasteiger partial charge in [-0.15, -0.1) is 0 Å². The lowest BCUT2D eigenvalue weighted by molar-refractivity contribution is -0.380. The van der Waals surface area contributed by atoms with Gasteiger partial charge in [0, 0.05) is 5.56 Å². The SMILES string of the molecule is CCN1CCC(S(=O)(=O)[NH2+]C(=O)Nc2c3c(cc4c2CCC4)CC=C3)CC1. The van der Waals surface area contributed by atoms with Crippen molar-refractivity contribution in [1.29, 1.82) is 0 Å². The van der Waals surface area contributed by atoms with Gasteiger partial charge >= 0.3 is 16.1 Å². The van der Waals surface area contributed by atoms with Crippen molar-refractivity contribution in [2.24, 2.45) is 0 Å². The highest BCUT2D eigenvalue weighted by Gasteiger charge is 2.35. The number of nitrogens with two attached hydrogens (primary N) is 1. The van der Waals surface area contributed by atoms with Gasteiger partial charge in [0.2, 0.25) is 0 Å². The summed E-state index contributed by atoms with van der Waals surface area (Å²) >= 11 is 0. The number of anilines is 1. The van der Waals surface area contributed by atoms with Crippen LogP contribution in [0.3, 0.4) is 0 Å². The van der Waals surface area contributed by atoms with Crippen molar-refractivity contribution in [2.75, 3.05) is 25.0 Å².